The summed E-state index contributed by atoms with van der Waals surface area (Å²) in [4.78, 5) is 20.1. The van der Waals surface area contributed by atoms with Crippen molar-refractivity contribution in [3.63, 3.8) is 0 Å². The van der Waals surface area contributed by atoms with E-state index in [1.54, 1.807) is 6.20 Å². The number of aromatic nitrogens is 3. The van der Waals surface area contributed by atoms with Crippen LogP contribution in [0.2, 0.25) is 0 Å². The summed E-state index contributed by atoms with van der Waals surface area (Å²) in [5.41, 5.74) is 8.57. The molecule has 6 nitrogen and oxygen atoms in total. The van der Waals surface area contributed by atoms with E-state index in [1.807, 2.05) is 18.6 Å². The Balaban J connectivity index is 1.49. The van der Waals surface area contributed by atoms with Gasteiger partial charge >= 0.3 is 0 Å². The third kappa shape index (κ3) is 2.51. The van der Waals surface area contributed by atoms with Crippen molar-refractivity contribution in [2.75, 3.05) is 0 Å². The summed E-state index contributed by atoms with van der Waals surface area (Å²) in [6.45, 7) is 0. The summed E-state index contributed by atoms with van der Waals surface area (Å²) < 4.78 is 2.11. The Hall–Kier alpha value is -2.21. The number of aliphatic hydroxyl groups is 1. The van der Waals surface area contributed by atoms with Crippen molar-refractivity contribution < 1.29 is 9.90 Å². The molecule has 24 heavy (non-hydrogen) atoms. The molecule has 3 N–H and O–H groups in total. The lowest BCUT2D eigenvalue weighted by atomic mass is 9.77. The number of pyridine rings is 1. The van der Waals surface area contributed by atoms with Crippen LogP contribution in [0.5, 0.6) is 0 Å². The minimum absolute atomic E-state index is 0.0254. The fraction of sp³-hybridized carbons (Fsp3) is 0.500. The molecule has 1 fully saturated rings. The van der Waals surface area contributed by atoms with Crippen LogP contribution in [0.1, 0.15) is 43.8 Å². The van der Waals surface area contributed by atoms with Crippen molar-refractivity contribution in [1.82, 2.24) is 14.5 Å². The predicted molar refractivity (Wildman–Crippen MR) is 88.9 cm³/mol. The van der Waals surface area contributed by atoms with Gasteiger partial charge in [0.15, 0.2) is 0 Å². The van der Waals surface area contributed by atoms with Gasteiger partial charge in [0, 0.05) is 24.1 Å². The number of carbonyl (C=O) groups excluding carboxylic acids is 1. The van der Waals surface area contributed by atoms with Gasteiger partial charge in [-0.2, -0.15) is 0 Å². The van der Waals surface area contributed by atoms with Gasteiger partial charge in [-0.1, -0.05) is 0 Å². The van der Waals surface area contributed by atoms with Gasteiger partial charge in [-0.25, -0.2) is 4.98 Å². The largest absolute Gasteiger partial charge is 0.393 e. The summed E-state index contributed by atoms with van der Waals surface area (Å²) in [6, 6.07) is 4.02. The number of nitrogens with zero attached hydrogens (tertiary/aromatic N) is 3. The van der Waals surface area contributed by atoms with Crippen LogP contribution in [-0.2, 0) is 4.79 Å². The first-order valence-electron chi connectivity index (χ1n) is 8.59. The first-order valence-corrected chi connectivity index (χ1v) is 8.59. The Labute approximate surface area is 140 Å². The Bertz CT molecular complexity index is 749. The lowest BCUT2D eigenvalue weighted by molar-refractivity contribution is -0.123. The van der Waals surface area contributed by atoms with Gasteiger partial charge in [-0.3, -0.25) is 9.78 Å². The van der Waals surface area contributed by atoms with Gasteiger partial charge in [0.1, 0.15) is 0 Å². The third-order valence-electron chi connectivity index (χ3n) is 5.62. The van der Waals surface area contributed by atoms with E-state index in [9.17, 15) is 9.90 Å². The average molecular weight is 326 g/mol. The molecule has 1 amide bonds. The summed E-state index contributed by atoms with van der Waals surface area (Å²) in [5, 5.41) is 10.8. The molecular weight excluding hydrogens is 304 g/mol. The predicted octanol–water partition coefficient (Wildman–Crippen LogP) is 1.89. The first-order chi connectivity index (χ1) is 11.6. The van der Waals surface area contributed by atoms with Gasteiger partial charge in [-0.05, 0) is 43.7 Å². The van der Waals surface area contributed by atoms with E-state index in [2.05, 4.69) is 20.6 Å². The Morgan fingerprint density at radius 1 is 1.38 bits per heavy atom. The molecule has 1 aliphatic carbocycles. The van der Waals surface area contributed by atoms with Crippen molar-refractivity contribution in [3.8, 4) is 11.3 Å². The fourth-order valence-corrected chi connectivity index (χ4v) is 4.23. The van der Waals surface area contributed by atoms with E-state index in [0.29, 0.717) is 6.42 Å². The number of nitrogens with two attached hydrogens (primary N) is 1. The lowest BCUT2D eigenvalue weighted by Crippen LogP contribution is -2.32. The highest BCUT2D eigenvalue weighted by atomic mass is 16.3. The molecular formula is C18H22N4O2. The maximum absolute atomic E-state index is 11.3. The quantitative estimate of drug-likeness (QED) is 0.897. The van der Waals surface area contributed by atoms with Gasteiger partial charge in [0.2, 0.25) is 5.91 Å². The summed E-state index contributed by atoms with van der Waals surface area (Å²) >= 11 is 0. The molecule has 2 unspecified atom stereocenters. The molecule has 1 saturated carbocycles. The highest BCUT2D eigenvalue weighted by Crippen LogP contribution is 2.42. The van der Waals surface area contributed by atoms with Crippen LogP contribution < -0.4 is 5.73 Å². The second kappa shape index (κ2) is 6.02. The Kier molecular flexibility index (Phi) is 3.84. The summed E-state index contributed by atoms with van der Waals surface area (Å²) in [6.07, 6.45) is 8.96. The standard InChI is InChI=1S/C18H22N4O2/c19-18(24)12-5-3-11(4-6-12)16(23)8-14-17-13(2-1-7-21-17)15-9-20-10-22(14)15/h1-2,7,9-12,14,16,23H,3-6,8H2,(H2,19,24). The number of carbonyl (C=O) groups is 1. The zero-order valence-corrected chi connectivity index (χ0v) is 13.5. The first kappa shape index (κ1) is 15.3. The van der Waals surface area contributed by atoms with E-state index in [0.717, 1.165) is 42.6 Å². The van der Waals surface area contributed by atoms with Crippen molar-refractivity contribution in [3.05, 3.63) is 36.5 Å². The highest BCUT2D eigenvalue weighted by Gasteiger charge is 2.35. The van der Waals surface area contributed by atoms with Gasteiger partial charge < -0.3 is 15.4 Å². The van der Waals surface area contributed by atoms with E-state index in [1.165, 1.54) is 0 Å². The number of primary amides is 1. The highest BCUT2D eigenvalue weighted by molar-refractivity contribution is 5.76. The molecule has 2 aromatic rings. The molecule has 3 heterocycles. The molecule has 0 aromatic carbocycles. The molecule has 2 aliphatic rings. The van der Waals surface area contributed by atoms with Crippen LogP contribution in [0, 0.1) is 11.8 Å². The molecule has 0 radical (unpaired) electrons. The van der Waals surface area contributed by atoms with Gasteiger partial charge in [0.05, 0.1) is 36.1 Å². The maximum atomic E-state index is 11.3. The number of rotatable bonds is 4. The van der Waals surface area contributed by atoms with Crippen LogP contribution in [-0.4, -0.2) is 31.7 Å². The smallest absolute Gasteiger partial charge is 0.220 e. The molecule has 126 valence electrons. The molecule has 0 bridgehead atoms. The zero-order valence-electron chi connectivity index (χ0n) is 13.5. The number of hydrogen-bond donors (Lipinski definition) is 2. The third-order valence-corrected chi connectivity index (χ3v) is 5.62. The van der Waals surface area contributed by atoms with Crippen LogP contribution in [0.25, 0.3) is 11.3 Å². The Morgan fingerprint density at radius 2 is 2.17 bits per heavy atom. The van der Waals surface area contributed by atoms with Crippen molar-refractivity contribution in [1.29, 1.82) is 0 Å². The molecule has 4 rings (SSSR count). The van der Waals surface area contributed by atoms with Crippen LogP contribution in [0.4, 0.5) is 0 Å². The number of fused-ring (bicyclic) bond motifs is 3. The second-order valence-corrected chi connectivity index (χ2v) is 6.96. The average Bonchev–Trinajstić information content (AvgIpc) is 3.18. The van der Waals surface area contributed by atoms with Gasteiger partial charge in [0.25, 0.3) is 0 Å². The van der Waals surface area contributed by atoms with Crippen molar-refractivity contribution in [2.45, 2.75) is 44.2 Å². The molecule has 2 aromatic heterocycles. The van der Waals surface area contributed by atoms with Crippen LogP contribution in [0.3, 0.4) is 0 Å². The Morgan fingerprint density at radius 3 is 2.92 bits per heavy atom. The van der Waals surface area contributed by atoms with Gasteiger partial charge in [-0.15, -0.1) is 0 Å². The normalized spacial score (nSPS) is 26.6. The number of imidazole rings is 1. The molecule has 2 atom stereocenters. The molecule has 6 heteroatoms. The SMILES string of the molecule is NC(=O)C1CCC(C(O)CC2c3ncccc3-c3cncn32)CC1. The minimum atomic E-state index is -0.410. The monoisotopic (exact) mass is 326 g/mol. The number of amides is 1. The molecule has 0 spiro atoms. The van der Waals surface area contributed by atoms with Crippen LogP contribution >= 0.6 is 0 Å². The fourth-order valence-electron chi connectivity index (χ4n) is 4.23. The minimum Gasteiger partial charge on any atom is -0.393 e. The van der Waals surface area contributed by atoms with E-state index in [4.69, 9.17) is 5.73 Å². The lowest BCUT2D eigenvalue weighted by Gasteiger charge is -2.31. The van der Waals surface area contributed by atoms with Crippen molar-refractivity contribution in [2.24, 2.45) is 17.6 Å². The maximum Gasteiger partial charge on any atom is 0.220 e. The summed E-state index contributed by atoms with van der Waals surface area (Å²) in [5.74, 6) is -0.0113. The van der Waals surface area contributed by atoms with E-state index < -0.39 is 6.10 Å². The van der Waals surface area contributed by atoms with E-state index >= 15 is 0 Å². The van der Waals surface area contributed by atoms with Crippen LogP contribution in [0.15, 0.2) is 30.9 Å². The summed E-state index contributed by atoms with van der Waals surface area (Å²) in [7, 11) is 0. The number of aliphatic hydroxyl groups excluding tert-OH is 1. The second-order valence-electron chi connectivity index (χ2n) is 6.96. The number of hydrogen-bond acceptors (Lipinski definition) is 4. The molecule has 0 saturated heterocycles. The molecule has 1 aliphatic heterocycles. The van der Waals surface area contributed by atoms with Crippen molar-refractivity contribution >= 4 is 5.91 Å². The topological polar surface area (TPSA) is 94.0 Å². The van der Waals surface area contributed by atoms with E-state index in [-0.39, 0.29) is 23.8 Å². The zero-order chi connectivity index (χ0) is 16.7.